The molecule has 0 aromatic heterocycles. The molecule has 1 N–H and O–H groups in total. The Morgan fingerprint density at radius 2 is 1.67 bits per heavy atom. The van der Waals surface area contributed by atoms with Gasteiger partial charge < -0.3 is 15.1 Å². The lowest BCUT2D eigenvalue weighted by Crippen LogP contribution is -2.45. The lowest BCUT2D eigenvalue weighted by Gasteiger charge is -2.36. The molecule has 1 unspecified atom stereocenters. The normalized spacial score (nSPS) is 16.6. The van der Waals surface area contributed by atoms with E-state index in [-0.39, 0.29) is 35.3 Å². The average Bonchev–Trinajstić information content (AvgIpc) is 3.28. The van der Waals surface area contributed by atoms with Gasteiger partial charge in [-0.05, 0) is 66.3 Å². The third-order valence-corrected chi connectivity index (χ3v) is 7.96. The standard InChI is InChI=1S/C32H32F5N3O2/c1-2-3-15-40(19-32(35,36)37)31(42)28-25-18-21(33)9-10-23(25)24-11-12-26(34)29(27(24)28)39-16-13-22(14-17-39)38-30(41)20-7-5-4-6-8-20/h4-12,18,22,28H,2-3,13-17,19H2,1H3,(H,38,41). The van der Waals surface area contributed by atoms with Crippen LogP contribution < -0.4 is 10.2 Å². The molecule has 2 aliphatic rings. The van der Waals surface area contributed by atoms with Gasteiger partial charge in [-0.15, -0.1) is 0 Å². The largest absolute Gasteiger partial charge is 0.406 e. The molecule has 5 nitrogen and oxygen atoms in total. The molecule has 0 spiro atoms. The second-order valence-corrected chi connectivity index (χ2v) is 10.9. The van der Waals surface area contributed by atoms with Crippen LogP contribution in [0.1, 0.15) is 60.0 Å². The molecule has 1 aliphatic heterocycles. The van der Waals surface area contributed by atoms with Gasteiger partial charge in [0.1, 0.15) is 18.2 Å². The average molecular weight is 586 g/mol. The molecule has 0 bridgehead atoms. The summed E-state index contributed by atoms with van der Waals surface area (Å²) in [6, 6.07) is 15.3. The van der Waals surface area contributed by atoms with Gasteiger partial charge in [0.05, 0.1) is 11.6 Å². The van der Waals surface area contributed by atoms with Crippen LogP contribution in [-0.4, -0.2) is 55.1 Å². The van der Waals surface area contributed by atoms with E-state index in [1.165, 1.54) is 24.3 Å². The molecule has 1 fully saturated rings. The fourth-order valence-electron chi connectivity index (χ4n) is 5.98. The van der Waals surface area contributed by atoms with Gasteiger partial charge in [-0.2, -0.15) is 13.2 Å². The van der Waals surface area contributed by atoms with Gasteiger partial charge in [0, 0.05) is 36.8 Å². The van der Waals surface area contributed by atoms with E-state index in [0.717, 1.165) is 11.0 Å². The molecule has 3 aromatic carbocycles. The number of anilines is 1. The molecule has 222 valence electrons. The van der Waals surface area contributed by atoms with Gasteiger partial charge in [-0.1, -0.05) is 43.7 Å². The molecular weight excluding hydrogens is 553 g/mol. The summed E-state index contributed by atoms with van der Waals surface area (Å²) in [7, 11) is 0. The first-order valence-corrected chi connectivity index (χ1v) is 14.2. The Morgan fingerprint density at radius 3 is 2.33 bits per heavy atom. The zero-order chi connectivity index (χ0) is 30.0. The van der Waals surface area contributed by atoms with E-state index in [9.17, 15) is 27.2 Å². The molecule has 1 atom stereocenters. The van der Waals surface area contributed by atoms with Crippen LogP contribution >= 0.6 is 0 Å². The van der Waals surface area contributed by atoms with E-state index in [2.05, 4.69) is 5.32 Å². The Morgan fingerprint density at radius 1 is 0.976 bits per heavy atom. The fraction of sp³-hybridized carbons (Fsp3) is 0.375. The molecule has 10 heteroatoms. The van der Waals surface area contributed by atoms with Crippen LogP contribution in [0.15, 0.2) is 60.7 Å². The minimum Gasteiger partial charge on any atom is -0.369 e. The van der Waals surface area contributed by atoms with E-state index in [4.69, 9.17) is 0 Å². The van der Waals surface area contributed by atoms with Crippen molar-refractivity contribution in [1.82, 2.24) is 10.2 Å². The van der Waals surface area contributed by atoms with E-state index >= 15 is 4.39 Å². The maximum absolute atomic E-state index is 15.7. The predicted molar refractivity (Wildman–Crippen MR) is 150 cm³/mol. The Bertz CT molecular complexity index is 1450. The molecule has 1 heterocycles. The summed E-state index contributed by atoms with van der Waals surface area (Å²) >= 11 is 0. The molecule has 5 rings (SSSR count). The van der Waals surface area contributed by atoms with Crippen LogP contribution in [0.2, 0.25) is 0 Å². The molecule has 0 radical (unpaired) electrons. The maximum Gasteiger partial charge on any atom is 0.406 e. The van der Waals surface area contributed by atoms with E-state index < -0.39 is 36.2 Å². The van der Waals surface area contributed by atoms with E-state index in [0.29, 0.717) is 55.5 Å². The van der Waals surface area contributed by atoms with Crippen molar-refractivity contribution in [3.05, 3.63) is 89.0 Å². The van der Waals surface area contributed by atoms with Crippen molar-refractivity contribution in [2.45, 2.75) is 50.7 Å². The summed E-state index contributed by atoms with van der Waals surface area (Å²) in [6.07, 6.45) is -2.71. The monoisotopic (exact) mass is 585 g/mol. The Hall–Kier alpha value is -3.95. The molecule has 1 aliphatic carbocycles. The van der Waals surface area contributed by atoms with E-state index in [1.54, 1.807) is 29.2 Å². The highest BCUT2D eigenvalue weighted by Crippen LogP contribution is 2.51. The summed E-state index contributed by atoms with van der Waals surface area (Å²) in [5.74, 6) is -3.56. The van der Waals surface area contributed by atoms with Crippen molar-refractivity contribution in [1.29, 1.82) is 0 Å². The molecule has 0 saturated carbocycles. The van der Waals surface area contributed by atoms with Crippen molar-refractivity contribution < 1.29 is 31.5 Å². The van der Waals surface area contributed by atoms with Crippen molar-refractivity contribution in [3.63, 3.8) is 0 Å². The van der Waals surface area contributed by atoms with Crippen LogP contribution in [0.4, 0.5) is 27.6 Å². The van der Waals surface area contributed by atoms with Gasteiger partial charge in [-0.3, -0.25) is 9.59 Å². The van der Waals surface area contributed by atoms with Crippen LogP contribution in [-0.2, 0) is 4.79 Å². The second kappa shape index (κ2) is 12.1. The third kappa shape index (κ3) is 6.12. The van der Waals surface area contributed by atoms with E-state index in [1.807, 2.05) is 13.0 Å². The van der Waals surface area contributed by atoms with Crippen LogP contribution in [0.3, 0.4) is 0 Å². The highest BCUT2D eigenvalue weighted by atomic mass is 19.4. The Labute approximate surface area is 241 Å². The summed E-state index contributed by atoms with van der Waals surface area (Å²) < 4.78 is 70.8. The first kappa shape index (κ1) is 29.5. The van der Waals surface area contributed by atoms with Gasteiger partial charge in [-0.25, -0.2) is 8.78 Å². The van der Waals surface area contributed by atoms with Crippen molar-refractivity contribution >= 4 is 17.5 Å². The number of alkyl halides is 3. The molecule has 1 saturated heterocycles. The number of nitrogens with zero attached hydrogens (tertiary/aromatic N) is 2. The Balaban J connectivity index is 1.47. The maximum atomic E-state index is 15.7. The van der Waals surface area contributed by atoms with Crippen molar-refractivity contribution in [3.8, 4) is 11.1 Å². The topological polar surface area (TPSA) is 52.7 Å². The SMILES string of the molecule is CCCCN(CC(F)(F)F)C(=O)C1c2cc(F)ccc2-c2ccc(F)c(N3CCC(NC(=O)c4ccccc4)CC3)c21. The molecule has 3 aromatic rings. The molecular formula is C32H32F5N3O2. The quantitative estimate of drug-likeness (QED) is 0.301. The highest BCUT2D eigenvalue weighted by molar-refractivity contribution is 5.99. The minimum atomic E-state index is -4.63. The minimum absolute atomic E-state index is 0.123. The summed E-state index contributed by atoms with van der Waals surface area (Å²) in [4.78, 5) is 29.1. The number of carbonyl (C=O) groups is 2. The van der Waals surface area contributed by atoms with Gasteiger partial charge in [0.2, 0.25) is 5.91 Å². The van der Waals surface area contributed by atoms with Crippen LogP contribution in [0.25, 0.3) is 11.1 Å². The first-order valence-electron chi connectivity index (χ1n) is 14.2. The Kier molecular flexibility index (Phi) is 8.52. The van der Waals surface area contributed by atoms with Gasteiger partial charge >= 0.3 is 6.18 Å². The number of piperidine rings is 1. The number of fused-ring (bicyclic) bond motifs is 3. The zero-order valence-electron chi connectivity index (χ0n) is 23.2. The van der Waals surface area contributed by atoms with Crippen molar-refractivity contribution in [2.75, 3.05) is 31.1 Å². The number of halogens is 5. The zero-order valence-corrected chi connectivity index (χ0v) is 23.2. The molecule has 2 amide bonds. The number of benzene rings is 3. The number of nitrogens with one attached hydrogen (secondary N) is 1. The number of hydrogen-bond donors (Lipinski definition) is 1. The number of hydrogen-bond acceptors (Lipinski definition) is 3. The van der Waals surface area contributed by atoms with Gasteiger partial charge in [0.25, 0.3) is 5.91 Å². The lowest BCUT2D eigenvalue weighted by molar-refractivity contribution is -0.161. The van der Waals surface area contributed by atoms with Crippen molar-refractivity contribution in [2.24, 2.45) is 0 Å². The number of carbonyl (C=O) groups excluding carboxylic acids is 2. The number of rotatable bonds is 8. The third-order valence-electron chi connectivity index (χ3n) is 7.96. The number of unbranched alkanes of at least 4 members (excludes halogenated alkanes) is 1. The van der Waals surface area contributed by atoms with Crippen LogP contribution in [0, 0.1) is 11.6 Å². The summed E-state index contributed by atoms with van der Waals surface area (Å²) in [5.41, 5.74) is 2.16. The first-order chi connectivity index (χ1) is 20.1. The summed E-state index contributed by atoms with van der Waals surface area (Å²) in [6.45, 7) is 0.939. The fourth-order valence-corrected chi connectivity index (χ4v) is 5.98. The predicted octanol–water partition coefficient (Wildman–Crippen LogP) is 6.67. The molecule has 42 heavy (non-hydrogen) atoms. The highest BCUT2D eigenvalue weighted by Gasteiger charge is 2.43. The number of amides is 2. The van der Waals surface area contributed by atoms with Crippen LogP contribution in [0.5, 0.6) is 0 Å². The van der Waals surface area contributed by atoms with Gasteiger partial charge in [0.15, 0.2) is 0 Å². The smallest absolute Gasteiger partial charge is 0.369 e. The summed E-state index contributed by atoms with van der Waals surface area (Å²) in [5, 5.41) is 3.01. The lowest BCUT2D eigenvalue weighted by atomic mass is 9.92. The second-order valence-electron chi connectivity index (χ2n) is 10.9.